The van der Waals surface area contributed by atoms with Crippen LogP contribution in [0.25, 0.3) is 0 Å². The predicted molar refractivity (Wildman–Crippen MR) is 76.5 cm³/mol. The molecule has 106 valence electrons. The Kier molecular flexibility index (Phi) is 4.65. The number of para-hydroxylation sites is 2. The zero-order valence-corrected chi connectivity index (χ0v) is 11.3. The van der Waals surface area contributed by atoms with Crippen molar-refractivity contribution in [2.75, 3.05) is 11.9 Å². The third kappa shape index (κ3) is 3.78. The van der Waals surface area contributed by atoms with Gasteiger partial charge in [0.15, 0.2) is 0 Å². The normalized spacial score (nSPS) is 11.8. The van der Waals surface area contributed by atoms with Gasteiger partial charge in [0, 0.05) is 5.56 Å². The molecule has 0 aliphatic carbocycles. The van der Waals surface area contributed by atoms with Crippen LogP contribution in [0.1, 0.15) is 24.9 Å². The lowest BCUT2D eigenvalue weighted by Crippen LogP contribution is -2.15. The molecule has 0 bridgehead atoms. The van der Waals surface area contributed by atoms with Gasteiger partial charge < -0.3 is 20.2 Å². The highest BCUT2D eigenvalue weighted by molar-refractivity contribution is 5.73. The summed E-state index contributed by atoms with van der Waals surface area (Å²) in [6.45, 7) is 2.30. The summed E-state index contributed by atoms with van der Waals surface area (Å²) in [6.07, 6.45) is 3.54. The van der Waals surface area contributed by atoms with Crippen LogP contribution in [0.5, 0.6) is 5.75 Å². The molecule has 0 aliphatic heterocycles. The van der Waals surface area contributed by atoms with Gasteiger partial charge in [-0.1, -0.05) is 12.1 Å². The molecule has 1 heterocycles. The fourth-order valence-electron chi connectivity index (χ4n) is 1.81. The maximum atomic E-state index is 10.7. The monoisotopic (exact) mass is 274 g/mol. The van der Waals surface area contributed by atoms with Crippen LogP contribution in [0.15, 0.2) is 47.3 Å². The van der Waals surface area contributed by atoms with Crippen LogP contribution in [-0.2, 0) is 4.79 Å². The van der Waals surface area contributed by atoms with Crippen molar-refractivity contribution in [3.8, 4) is 5.75 Å². The number of hydrogen-bond acceptors (Lipinski definition) is 4. The number of ether oxygens (including phenoxy) is 1. The molecule has 0 aliphatic rings. The Hall–Kier alpha value is -2.43. The third-order valence-corrected chi connectivity index (χ3v) is 2.91. The van der Waals surface area contributed by atoms with Crippen molar-refractivity contribution < 1.29 is 13.9 Å². The molecule has 0 saturated heterocycles. The van der Waals surface area contributed by atoms with Gasteiger partial charge in [-0.25, -0.2) is 0 Å². The average molecular weight is 274 g/mol. The largest absolute Gasteiger partial charge is 0.491 e. The molecule has 0 spiro atoms. The molecule has 5 nitrogen and oxygen atoms in total. The Bertz CT molecular complexity index is 552. The summed E-state index contributed by atoms with van der Waals surface area (Å²) in [6, 6.07) is 9.59. The van der Waals surface area contributed by atoms with Gasteiger partial charge in [0.05, 0.1) is 37.3 Å². The number of furan rings is 1. The Labute approximate surface area is 117 Å². The summed E-state index contributed by atoms with van der Waals surface area (Å²) in [5.41, 5.74) is 7.01. The molecule has 2 aromatic rings. The first kappa shape index (κ1) is 14.0. The lowest BCUT2D eigenvalue weighted by molar-refractivity contribution is -0.118. The van der Waals surface area contributed by atoms with E-state index < -0.39 is 0 Å². The summed E-state index contributed by atoms with van der Waals surface area (Å²) in [4.78, 5) is 10.7. The van der Waals surface area contributed by atoms with Crippen molar-refractivity contribution >= 4 is 11.6 Å². The van der Waals surface area contributed by atoms with E-state index in [1.54, 1.807) is 12.5 Å². The van der Waals surface area contributed by atoms with Crippen LogP contribution in [-0.4, -0.2) is 12.5 Å². The molecule has 0 fully saturated rings. The smallest absolute Gasteiger partial charge is 0.220 e. The molecule has 2 rings (SSSR count). The Balaban J connectivity index is 2.02. The van der Waals surface area contributed by atoms with Gasteiger partial charge in [0.25, 0.3) is 0 Å². The molecule has 1 atom stereocenters. The second-order valence-corrected chi connectivity index (χ2v) is 4.48. The van der Waals surface area contributed by atoms with E-state index in [-0.39, 0.29) is 25.0 Å². The van der Waals surface area contributed by atoms with Gasteiger partial charge in [0.2, 0.25) is 5.91 Å². The van der Waals surface area contributed by atoms with Gasteiger partial charge in [-0.05, 0) is 25.1 Å². The number of nitrogens with one attached hydrogen (secondary N) is 1. The van der Waals surface area contributed by atoms with Crippen LogP contribution in [0.2, 0.25) is 0 Å². The van der Waals surface area contributed by atoms with Crippen LogP contribution in [0.4, 0.5) is 5.69 Å². The van der Waals surface area contributed by atoms with Gasteiger partial charge in [-0.15, -0.1) is 0 Å². The Morgan fingerprint density at radius 2 is 2.20 bits per heavy atom. The number of rotatable bonds is 7. The number of benzene rings is 1. The number of carbonyl (C=O) groups excluding carboxylic acids is 1. The van der Waals surface area contributed by atoms with Crippen LogP contribution >= 0.6 is 0 Å². The number of anilines is 1. The van der Waals surface area contributed by atoms with Gasteiger partial charge in [0.1, 0.15) is 5.75 Å². The number of hydrogen-bond donors (Lipinski definition) is 2. The second-order valence-electron chi connectivity index (χ2n) is 4.48. The van der Waals surface area contributed by atoms with Gasteiger partial charge in [-0.3, -0.25) is 4.79 Å². The van der Waals surface area contributed by atoms with E-state index in [4.69, 9.17) is 14.9 Å². The maximum absolute atomic E-state index is 10.7. The highest BCUT2D eigenvalue weighted by atomic mass is 16.5. The zero-order chi connectivity index (χ0) is 14.4. The molecule has 1 aromatic carbocycles. The van der Waals surface area contributed by atoms with Crippen molar-refractivity contribution in [2.24, 2.45) is 5.73 Å². The van der Waals surface area contributed by atoms with E-state index in [0.29, 0.717) is 5.75 Å². The molecular formula is C15H18N2O3. The standard InChI is InChI=1S/C15H18N2O3/c1-11(12-6-8-19-10-12)17-13-4-2-3-5-14(13)20-9-7-15(16)18/h2-6,8,10-11,17H,7,9H2,1H3,(H2,16,18). The Morgan fingerprint density at radius 1 is 1.40 bits per heavy atom. The Morgan fingerprint density at radius 3 is 2.90 bits per heavy atom. The summed E-state index contributed by atoms with van der Waals surface area (Å²) in [5, 5.41) is 3.35. The van der Waals surface area contributed by atoms with E-state index in [0.717, 1.165) is 11.3 Å². The number of amides is 1. The van der Waals surface area contributed by atoms with E-state index in [1.807, 2.05) is 37.3 Å². The van der Waals surface area contributed by atoms with Crippen LogP contribution < -0.4 is 15.8 Å². The summed E-state index contributed by atoms with van der Waals surface area (Å²) < 4.78 is 10.7. The van der Waals surface area contributed by atoms with E-state index in [9.17, 15) is 4.79 Å². The van der Waals surface area contributed by atoms with E-state index >= 15 is 0 Å². The molecular weight excluding hydrogens is 256 g/mol. The summed E-state index contributed by atoms with van der Waals surface area (Å²) in [5.74, 6) is 0.325. The summed E-state index contributed by atoms with van der Waals surface area (Å²) >= 11 is 0. The number of carbonyl (C=O) groups is 1. The highest BCUT2D eigenvalue weighted by Crippen LogP contribution is 2.28. The molecule has 20 heavy (non-hydrogen) atoms. The van der Waals surface area contributed by atoms with Gasteiger partial charge >= 0.3 is 0 Å². The highest BCUT2D eigenvalue weighted by Gasteiger charge is 2.10. The quantitative estimate of drug-likeness (QED) is 0.813. The topological polar surface area (TPSA) is 77.5 Å². The number of nitrogens with two attached hydrogens (primary N) is 1. The first-order valence-electron chi connectivity index (χ1n) is 6.45. The van der Waals surface area contributed by atoms with Crippen molar-refractivity contribution in [3.63, 3.8) is 0 Å². The molecule has 0 radical (unpaired) electrons. The minimum Gasteiger partial charge on any atom is -0.491 e. The number of primary amides is 1. The molecule has 3 N–H and O–H groups in total. The maximum Gasteiger partial charge on any atom is 0.220 e. The molecule has 1 unspecified atom stereocenters. The van der Waals surface area contributed by atoms with Crippen molar-refractivity contribution in [1.29, 1.82) is 0 Å². The van der Waals surface area contributed by atoms with E-state index in [1.165, 1.54) is 0 Å². The minimum atomic E-state index is -0.373. The first-order valence-corrected chi connectivity index (χ1v) is 6.45. The lowest BCUT2D eigenvalue weighted by Gasteiger charge is -2.17. The van der Waals surface area contributed by atoms with Crippen molar-refractivity contribution in [1.82, 2.24) is 0 Å². The molecule has 0 saturated carbocycles. The first-order chi connectivity index (χ1) is 9.66. The fraction of sp³-hybridized carbons (Fsp3) is 0.267. The summed E-state index contributed by atoms with van der Waals surface area (Å²) in [7, 11) is 0. The molecule has 5 heteroatoms. The van der Waals surface area contributed by atoms with Crippen molar-refractivity contribution in [3.05, 3.63) is 48.4 Å². The van der Waals surface area contributed by atoms with Crippen LogP contribution in [0.3, 0.4) is 0 Å². The van der Waals surface area contributed by atoms with Crippen molar-refractivity contribution in [2.45, 2.75) is 19.4 Å². The molecule has 1 aromatic heterocycles. The fourth-order valence-corrected chi connectivity index (χ4v) is 1.81. The van der Waals surface area contributed by atoms with E-state index in [2.05, 4.69) is 5.32 Å². The van der Waals surface area contributed by atoms with Gasteiger partial charge in [-0.2, -0.15) is 0 Å². The molecule has 1 amide bonds. The zero-order valence-electron chi connectivity index (χ0n) is 11.3. The third-order valence-electron chi connectivity index (χ3n) is 2.91. The second kappa shape index (κ2) is 6.65. The average Bonchev–Trinajstić information content (AvgIpc) is 2.94. The minimum absolute atomic E-state index is 0.0923. The van der Waals surface area contributed by atoms with Crippen LogP contribution in [0, 0.1) is 0 Å². The SMILES string of the molecule is CC(Nc1ccccc1OCCC(N)=O)c1ccoc1. The lowest BCUT2D eigenvalue weighted by atomic mass is 10.1. The predicted octanol–water partition coefficient (Wildman–Crippen LogP) is 2.71.